The zero-order chi connectivity index (χ0) is 15.2. The highest BCUT2D eigenvalue weighted by Gasteiger charge is 2.16. The van der Waals surface area contributed by atoms with Crippen LogP contribution in [0.1, 0.15) is 25.6 Å². The number of urea groups is 1. The summed E-state index contributed by atoms with van der Waals surface area (Å²) in [7, 11) is 0. The molecule has 0 fully saturated rings. The fourth-order valence-corrected chi connectivity index (χ4v) is 1.98. The molecule has 6 nitrogen and oxygen atoms in total. The number of thiophene rings is 1. The van der Waals surface area contributed by atoms with Crippen molar-refractivity contribution >= 4 is 29.2 Å². The lowest BCUT2D eigenvalue weighted by atomic mass is 10.1. The molecule has 0 saturated carbocycles. The van der Waals surface area contributed by atoms with E-state index in [1.807, 2.05) is 17.5 Å². The van der Waals surface area contributed by atoms with Crippen molar-refractivity contribution in [1.82, 2.24) is 10.6 Å². The molecule has 110 valence electrons. The van der Waals surface area contributed by atoms with E-state index in [2.05, 4.69) is 10.6 Å². The first-order chi connectivity index (χ1) is 9.26. The third kappa shape index (κ3) is 6.89. The molecule has 1 heterocycles. The minimum absolute atomic E-state index is 0.124. The predicted molar refractivity (Wildman–Crippen MR) is 75.4 cm³/mol. The van der Waals surface area contributed by atoms with E-state index >= 15 is 0 Å². The van der Waals surface area contributed by atoms with Crippen LogP contribution >= 0.6 is 11.3 Å². The number of ether oxygens (including phenoxy) is 1. The smallest absolute Gasteiger partial charge is 0.321 e. The maximum Gasteiger partial charge on any atom is 0.321 e. The molecule has 0 bridgehead atoms. The Balaban J connectivity index is 2.26. The average molecular weight is 298 g/mol. The Morgan fingerprint density at radius 2 is 2.00 bits per heavy atom. The Labute approximate surface area is 121 Å². The molecule has 1 aromatic rings. The number of esters is 1. The first-order valence-corrected chi connectivity index (χ1v) is 6.94. The van der Waals surface area contributed by atoms with Crippen molar-refractivity contribution in [1.29, 1.82) is 0 Å². The van der Waals surface area contributed by atoms with Crippen LogP contribution in [-0.2, 0) is 20.7 Å². The standard InChI is InChI=1S/C13H18N2O4S/c1-13(2,3)15-12(18)14-10(16)8-19-11(17)7-9-5-4-6-20-9/h4-6H,7-8H2,1-3H3,(H2,14,15,16,18). The van der Waals surface area contributed by atoms with Gasteiger partial charge in [0.1, 0.15) is 0 Å². The van der Waals surface area contributed by atoms with Crippen molar-refractivity contribution in [2.24, 2.45) is 0 Å². The summed E-state index contributed by atoms with van der Waals surface area (Å²) in [5, 5.41) is 6.50. The molecule has 3 amide bonds. The van der Waals surface area contributed by atoms with E-state index in [-0.39, 0.29) is 6.42 Å². The van der Waals surface area contributed by atoms with Crippen molar-refractivity contribution in [3.8, 4) is 0 Å². The number of hydrogen-bond donors (Lipinski definition) is 2. The molecule has 0 aromatic carbocycles. The molecular weight excluding hydrogens is 280 g/mol. The second-order valence-electron chi connectivity index (χ2n) is 5.17. The zero-order valence-corrected chi connectivity index (χ0v) is 12.5. The van der Waals surface area contributed by atoms with Gasteiger partial charge in [-0.1, -0.05) is 6.07 Å². The Hall–Kier alpha value is -1.89. The lowest BCUT2D eigenvalue weighted by molar-refractivity contribution is -0.147. The lowest BCUT2D eigenvalue weighted by Gasteiger charge is -2.20. The molecule has 0 spiro atoms. The van der Waals surface area contributed by atoms with Crippen LogP contribution in [0.3, 0.4) is 0 Å². The zero-order valence-electron chi connectivity index (χ0n) is 11.7. The Morgan fingerprint density at radius 1 is 1.30 bits per heavy atom. The molecular formula is C13H18N2O4S. The molecule has 0 aliphatic rings. The summed E-state index contributed by atoms with van der Waals surface area (Å²) in [5.41, 5.74) is -0.444. The van der Waals surface area contributed by atoms with E-state index < -0.39 is 30.1 Å². The van der Waals surface area contributed by atoms with E-state index in [9.17, 15) is 14.4 Å². The number of imide groups is 1. The number of rotatable bonds is 4. The van der Waals surface area contributed by atoms with E-state index in [1.165, 1.54) is 11.3 Å². The minimum Gasteiger partial charge on any atom is -0.455 e. The maximum atomic E-state index is 11.4. The van der Waals surface area contributed by atoms with Gasteiger partial charge in [0.05, 0.1) is 6.42 Å². The quantitative estimate of drug-likeness (QED) is 0.824. The molecule has 1 rings (SSSR count). The summed E-state index contributed by atoms with van der Waals surface area (Å²) in [5.74, 6) is -1.16. The summed E-state index contributed by atoms with van der Waals surface area (Å²) < 4.78 is 4.78. The van der Waals surface area contributed by atoms with Crippen molar-refractivity contribution in [3.63, 3.8) is 0 Å². The summed E-state index contributed by atoms with van der Waals surface area (Å²) in [6.07, 6.45) is 0.124. The van der Waals surface area contributed by atoms with Gasteiger partial charge in [-0.2, -0.15) is 0 Å². The van der Waals surface area contributed by atoms with Gasteiger partial charge in [0.15, 0.2) is 6.61 Å². The number of carbonyl (C=O) groups excluding carboxylic acids is 3. The van der Waals surface area contributed by atoms with Gasteiger partial charge in [0.2, 0.25) is 0 Å². The minimum atomic E-state index is -0.661. The maximum absolute atomic E-state index is 11.4. The van der Waals surface area contributed by atoms with Crippen LogP contribution in [0.4, 0.5) is 4.79 Å². The van der Waals surface area contributed by atoms with Crippen LogP contribution in [0, 0.1) is 0 Å². The summed E-state index contributed by atoms with van der Waals surface area (Å²) in [6.45, 7) is 4.90. The second kappa shape index (κ2) is 7.04. The highest BCUT2D eigenvalue weighted by atomic mass is 32.1. The Kier molecular flexibility index (Phi) is 5.69. The van der Waals surface area contributed by atoms with Crippen LogP contribution < -0.4 is 10.6 Å². The lowest BCUT2D eigenvalue weighted by Crippen LogP contribution is -2.49. The van der Waals surface area contributed by atoms with Crippen LogP contribution in [0.25, 0.3) is 0 Å². The van der Waals surface area contributed by atoms with Crippen molar-refractivity contribution in [3.05, 3.63) is 22.4 Å². The monoisotopic (exact) mass is 298 g/mol. The molecule has 0 saturated heterocycles. The highest BCUT2D eigenvalue weighted by molar-refractivity contribution is 7.10. The Bertz CT molecular complexity index is 477. The van der Waals surface area contributed by atoms with Gasteiger partial charge < -0.3 is 10.1 Å². The molecule has 20 heavy (non-hydrogen) atoms. The van der Waals surface area contributed by atoms with Gasteiger partial charge in [-0.05, 0) is 32.2 Å². The van der Waals surface area contributed by atoms with E-state index in [0.717, 1.165) is 4.88 Å². The SMILES string of the molecule is CC(C)(C)NC(=O)NC(=O)COC(=O)Cc1cccs1. The van der Waals surface area contributed by atoms with E-state index in [4.69, 9.17) is 4.74 Å². The van der Waals surface area contributed by atoms with Crippen molar-refractivity contribution < 1.29 is 19.1 Å². The number of hydrogen-bond acceptors (Lipinski definition) is 5. The van der Waals surface area contributed by atoms with Gasteiger partial charge in [0, 0.05) is 10.4 Å². The highest BCUT2D eigenvalue weighted by Crippen LogP contribution is 2.09. The molecule has 7 heteroatoms. The van der Waals surface area contributed by atoms with Gasteiger partial charge in [-0.15, -0.1) is 11.3 Å². The molecule has 0 unspecified atom stereocenters. The van der Waals surface area contributed by atoms with Gasteiger partial charge in [-0.3, -0.25) is 14.9 Å². The normalized spacial score (nSPS) is 10.8. The first kappa shape index (κ1) is 16.2. The van der Waals surface area contributed by atoms with Crippen LogP contribution in [0.5, 0.6) is 0 Å². The van der Waals surface area contributed by atoms with Gasteiger partial charge in [-0.25, -0.2) is 4.79 Å². The molecule has 0 aliphatic heterocycles. The van der Waals surface area contributed by atoms with Crippen molar-refractivity contribution in [2.75, 3.05) is 6.61 Å². The number of nitrogens with one attached hydrogen (secondary N) is 2. The fraction of sp³-hybridized carbons (Fsp3) is 0.462. The van der Waals surface area contributed by atoms with E-state index in [0.29, 0.717) is 0 Å². The van der Waals surface area contributed by atoms with Crippen molar-refractivity contribution in [2.45, 2.75) is 32.7 Å². The van der Waals surface area contributed by atoms with E-state index in [1.54, 1.807) is 20.8 Å². The molecule has 1 aromatic heterocycles. The third-order valence-electron chi connectivity index (χ3n) is 2.00. The molecule has 0 radical (unpaired) electrons. The number of carbonyl (C=O) groups is 3. The molecule has 0 aliphatic carbocycles. The topological polar surface area (TPSA) is 84.5 Å². The predicted octanol–water partition coefficient (Wildman–Crippen LogP) is 1.46. The Morgan fingerprint density at radius 3 is 2.55 bits per heavy atom. The number of amides is 3. The average Bonchev–Trinajstić information content (AvgIpc) is 2.76. The van der Waals surface area contributed by atoms with Crippen LogP contribution in [0.2, 0.25) is 0 Å². The van der Waals surface area contributed by atoms with Gasteiger partial charge in [0.25, 0.3) is 5.91 Å². The molecule has 0 atom stereocenters. The fourth-order valence-electron chi connectivity index (χ4n) is 1.29. The molecule has 2 N–H and O–H groups in total. The van der Waals surface area contributed by atoms with Crippen LogP contribution in [0.15, 0.2) is 17.5 Å². The second-order valence-corrected chi connectivity index (χ2v) is 6.20. The summed E-state index contributed by atoms with van der Waals surface area (Å²) >= 11 is 1.44. The summed E-state index contributed by atoms with van der Waals surface area (Å²) in [4.78, 5) is 35.1. The van der Waals surface area contributed by atoms with Crippen LogP contribution in [-0.4, -0.2) is 30.1 Å². The van der Waals surface area contributed by atoms with Gasteiger partial charge >= 0.3 is 12.0 Å². The first-order valence-electron chi connectivity index (χ1n) is 6.06. The summed E-state index contributed by atoms with van der Waals surface area (Å²) in [6, 6.07) is 3.02. The third-order valence-corrected chi connectivity index (χ3v) is 2.88. The largest absolute Gasteiger partial charge is 0.455 e.